The minimum Gasteiger partial charge on any atom is -0.486 e. The van der Waals surface area contributed by atoms with Crippen LogP contribution in [0.3, 0.4) is 0 Å². The summed E-state index contributed by atoms with van der Waals surface area (Å²) in [6.07, 6.45) is 2.02. The number of benzene rings is 2. The van der Waals surface area contributed by atoms with Gasteiger partial charge in [0.25, 0.3) is 5.91 Å². The summed E-state index contributed by atoms with van der Waals surface area (Å²) in [5.74, 6) is 1.68. The SMILES string of the molecule is CSc1ccc(C(=O)N[C@H](c2ccc3c(c2)OCCO3)C(C)C)cc1. The Balaban J connectivity index is 1.80. The smallest absolute Gasteiger partial charge is 0.251 e. The van der Waals surface area contributed by atoms with E-state index in [0.29, 0.717) is 18.8 Å². The maximum absolute atomic E-state index is 12.6. The Morgan fingerprint density at radius 1 is 1.04 bits per heavy atom. The van der Waals surface area contributed by atoms with Crippen molar-refractivity contribution < 1.29 is 14.3 Å². The second-order valence-corrected chi connectivity index (χ2v) is 7.21. The summed E-state index contributed by atoms with van der Waals surface area (Å²) in [5.41, 5.74) is 1.69. The van der Waals surface area contributed by atoms with Crippen LogP contribution in [0.25, 0.3) is 0 Å². The van der Waals surface area contributed by atoms with Crippen molar-refractivity contribution in [2.45, 2.75) is 24.8 Å². The molecular weight excluding hydrogens is 334 g/mol. The van der Waals surface area contributed by atoms with Crippen LogP contribution in [0, 0.1) is 5.92 Å². The van der Waals surface area contributed by atoms with Crippen molar-refractivity contribution in [3.05, 3.63) is 53.6 Å². The highest BCUT2D eigenvalue weighted by Gasteiger charge is 2.22. The number of fused-ring (bicyclic) bond motifs is 1. The van der Waals surface area contributed by atoms with Crippen molar-refractivity contribution in [1.29, 1.82) is 0 Å². The number of hydrogen-bond donors (Lipinski definition) is 1. The van der Waals surface area contributed by atoms with Crippen LogP contribution in [0.5, 0.6) is 11.5 Å². The molecule has 0 bridgehead atoms. The molecule has 0 saturated heterocycles. The lowest BCUT2D eigenvalue weighted by molar-refractivity contribution is 0.0925. The summed E-state index contributed by atoms with van der Waals surface area (Å²) < 4.78 is 11.2. The first-order chi connectivity index (χ1) is 12.1. The van der Waals surface area contributed by atoms with Gasteiger partial charge in [-0.25, -0.2) is 0 Å². The summed E-state index contributed by atoms with van der Waals surface area (Å²) in [6.45, 7) is 5.32. The predicted molar refractivity (Wildman–Crippen MR) is 101 cm³/mol. The van der Waals surface area contributed by atoms with E-state index in [9.17, 15) is 4.79 Å². The molecule has 0 aromatic heterocycles. The lowest BCUT2D eigenvalue weighted by atomic mass is 9.95. The van der Waals surface area contributed by atoms with Gasteiger partial charge < -0.3 is 14.8 Å². The number of amides is 1. The van der Waals surface area contributed by atoms with Gasteiger partial charge in [0.15, 0.2) is 11.5 Å². The first-order valence-electron chi connectivity index (χ1n) is 8.43. The highest BCUT2D eigenvalue weighted by atomic mass is 32.2. The van der Waals surface area contributed by atoms with Crippen LogP contribution in [-0.2, 0) is 0 Å². The van der Waals surface area contributed by atoms with Crippen molar-refractivity contribution in [1.82, 2.24) is 5.32 Å². The fraction of sp³-hybridized carbons (Fsp3) is 0.350. The van der Waals surface area contributed by atoms with Crippen molar-refractivity contribution in [2.75, 3.05) is 19.5 Å². The minimum absolute atomic E-state index is 0.0683. The number of ether oxygens (including phenoxy) is 2. The van der Waals surface area contributed by atoms with Gasteiger partial charge in [-0.15, -0.1) is 11.8 Å². The van der Waals surface area contributed by atoms with Crippen LogP contribution in [-0.4, -0.2) is 25.4 Å². The molecule has 0 saturated carbocycles. The third-order valence-electron chi connectivity index (χ3n) is 4.23. The van der Waals surface area contributed by atoms with Gasteiger partial charge >= 0.3 is 0 Å². The summed E-state index contributed by atoms with van der Waals surface area (Å²) in [6, 6.07) is 13.4. The molecule has 2 aromatic carbocycles. The van der Waals surface area contributed by atoms with Crippen molar-refractivity contribution >= 4 is 17.7 Å². The molecule has 1 amide bonds. The van der Waals surface area contributed by atoms with Crippen molar-refractivity contribution in [3.8, 4) is 11.5 Å². The summed E-state index contributed by atoms with van der Waals surface area (Å²) in [7, 11) is 0. The number of thioether (sulfide) groups is 1. The Labute approximate surface area is 152 Å². The molecule has 1 aliphatic rings. The Kier molecular flexibility index (Phi) is 5.53. The van der Waals surface area contributed by atoms with E-state index in [2.05, 4.69) is 19.2 Å². The molecule has 1 N–H and O–H groups in total. The second-order valence-electron chi connectivity index (χ2n) is 6.33. The van der Waals surface area contributed by atoms with Gasteiger partial charge in [0.05, 0.1) is 6.04 Å². The summed E-state index contributed by atoms with van der Waals surface area (Å²) >= 11 is 1.66. The van der Waals surface area contributed by atoms with Gasteiger partial charge in [-0.2, -0.15) is 0 Å². The molecule has 3 rings (SSSR count). The number of carbonyl (C=O) groups excluding carboxylic acids is 1. The molecule has 5 heteroatoms. The fourth-order valence-corrected chi connectivity index (χ4v) is 3.26. The van der Waals surface area contributed by atoms with Gasteiger partial charge in [-0.3, -0.25) is 4.79 Å². The predicted octanol–water partition coefficient (Wildman–Crippen LogP) is 4.31. The van der Waals surface area contributed by atoms with Gasteiger partial charge in [-0.1, -0.05) is 19.9 Å². The molecule has 0 unspecified atom stereocenters. The Hall–Kier alpha value is -2.14. The zero-order chi connectivity index (χ0) is 17.8. The maximum Gasteiger partial charge on any atom is 0.251 e. The average molecular weight is 357 g/mol. The van der Waals surface area contributed by atoms with E-state index in [0.717, 1.165) is 22.0 Å². The van der Waals surface area contributed by atoms with Crippen LogP contribution >= 0.6 is 11.8 Å². The Morgan fingerprint density at radius 3 is 2.36 bits per heavy atom. The third kappa shape index (κ3) is 4.10. The molecule has 1 atom stereocenters. The largest absolute Gasteiger partial charge is 0.486 e. The van der Waals surface area contributed by atoms with Crippen molar-refractivity contribution in [3.63, 3.8) is 0 Å². The lowest BCUT2D eigenvalue weighted by Gasteiger charge is -2.25. The lowest BCUT2D eigenvalue weighted by Crippen LogP contribution is -2.31. The maximum atomic E-state index is 12.6. The highest BCUT2D eigenvalue weighted by molar-refractivity contribution is 7.98. The molecule has 1 heterocycles. The highest BCUT2D eigenvalue weighted by Crippen LogP contribution is 2.34. The van der Waals surface area contributed by atoms with Crippen LogP contribution in [0.2, 0.25) is 0 Å². The molecule has 4 nitrogen and oxygen atoms in total. The third-order valence-corrected chi connectivity index (χ3v) is 4.97. The van der Waals surface area contributed by atoms with E-state index in [4.69, 9.17) is 9.47 Å². The van der Waals surface area contributed by atoms with Crippen LogP contribution in [0.15, 0.2) is 47.4 Å². The summed E-state index contributed by atoms with van der Waals surface area (Å²) in [5, 5.41) is 3.15. The molecular formula is C20H23NO3S. The van der Waals surface area contributed by atoms with E-state index >= 15 is 0 Å². The van der Waals surface area contributed by atoms with E-state index in [1.165, 1.54) is 0 Å². The van der Waals surface area contributed by atoms with Crippen LogP contribution in [0.1, 0.15) is 35.8 Å². The quantitative estimate of drug-likeness (QED) is 0.810. The molecule has 0 radical (unpaired) electrons. The molecule has 2 aromatic rings. The normalized spacial score (nSPS) is 14.2. The van der Waals surface area contributed by atoms with Crippen molar-refractivity contribution in [2.24, 2.45) is 5.92 Å². The summed E-state index contributed by atoms with van der Waals surface area (Å²) in [4.78, 5) is 13.8. The van der Waals surface area contributed by atoms with E-state index in [1.54, 1.807) is 11.8 Å². The topological polar surface area (TPSA) is 47.6 Å². The zero-order valence-electron chi connectivity index (χ0n) is 14.7. The monoisotopic (exact) mass is 357 g/mol. The molecule has 0 spiro atoms. The molecule has 132 valence electrons. The van der Waals surface area contributed by atoms with E-state index in [-0.39, 0.29) is 17.9 Å². The van der Waals surface area contributed by atoms with Crippen LogP contribution < -0.4 is 14.8 Å². The molecule has 25 heavy (non-hydrogen) atoms. The fourth-order valence-electron chi connectivity index (χ4n) is 2.86. The first-order valence-corrected chi connectivity index (χ1v) is 9.65. The van der Waals surface area contributed by atoms with Crippen LogP contribution in [0.4, 0.5) is 0 Å². The van der Waals surface area contributed by atoms with Gasteiger partial charge in [0, 0.05) is 10.5 Å². The molecule has 1 aliphatic heterocycles. The second kappa shape index (κ2) is 7.83. The van der Waals surface area contributed by atoms with E-state index in [1.807, 2.05) is 48.7 Å². The minimum atomic E-state index is -0.0939. The number of carbonyl (C=O) groups is 1. The Morgan fingerprint density at radius 2 is 1.72 bits per heavy atom. The van der Waals surface area contributed by atoms with Gasteiger partial charge in [0.1, 0.15) is 13.2 Å². The standard InChI is InChI=1S/C20H23NO3S/c1-13(2)19(15-6-9-17-18(12-15)24-11-10-23-17)21-20(22)14-4-7-16(25-3)8-5-14/h4-9,12-13,19H,10-11H2,1-3H3,(H,21,22)/t19-/m0/s1. The number of rotatable bonds is 5. The van der Waals surface area contributed by atoms with Gasteiger partial charge in [-0.05, 0) is 54.1 Å². The van der Waals surface area contributed by atoms with E-state index < -0.39 is 0 Å². The average Bonchev–Trinajstić information content (AvgIpc) is 2.65. The molecule has 0 aliphatic carbocycles. The Bertz CT molecular complexity index is 743. The van der Waals surface area contributed by atoms with Gasteiger partial charge in [0.2, 0.25) is 0 Å². The zero-order valence-corrected chi connectivity index (χ0v) is 15.6. The number of hydrogen-bond acceptors (Lipinski definition) is 4. The number of nitrogens with one attached hydrogen (secondary N) is 1. The first kappa shape index (κ1) is 17.7. The molecule has 0 fully saturated rings.